The summed E-state index contributed by atoms with van der Waals surface area (Å²) in [5, 5.41) is 2.63. The van der Waals surface area contributed by atoms with Crippen molar-refractivity contribution in [2.45, 2.75) is 0 Å². The number of carbonyl (C=O) groups is 3. The Labute approximate surface area is 155 Å². The number of hydrogen-bond donors (Lipinski definition) is 3. The Balaban J connectivity index is 1.62. The first-order valence-electron chi connectivity index (χ1n) is 8.11. The molecule has 0 bridgehead atoms. The number of rotatable bonds is 4. The molecular formula is C20H16N4O3. The number of amides is 3. The van der Waals surface area contributed by atoms with Gasteiger partial charge in [0.2, 0.25) is 0 Å². The molecule has 3 aromatic rings. The van der Waals surface area contributed by atoms with Crippen molar-refractivity contribution in [3.8, 4) is 0 Å². The summed E-state index contributed by atoms with van der Waals surface area (Å²) in [5.74, 6) is -1.07. The number of aromatic nitrogens is 1. The van der Waals surface area contributed by atoms with E-state index in [-0.39, 0.29) is 17.3 Å². The minimum atomic E-state index is -0.531. The Bertz CT molecular complexity index is 959. The Hall–Kier alpha value is -4.00. The van der Waals surface area contributed by atoms with Gasteiger partial charge in [-0.25, -0.2) is 4.98 Å². The summed E-state index contributed by atoms with van der Waals surface area (Å²) in [5.41, 5.74) is 5.80. The molecule has 7 heteroatoms. The van der Waals surface area contributed by atoms with Crippen LogP contribution in [0.4, 0.5) is 5.82 Å². The standard InChI is InChI=1S/C20H16N4O3/c25-18(14-7-3-1-4-8-14)22-17-13-16(11-12-21-17)20(27)24-23-19(26)15-9-5-2-6-10-15/h1-13H,(H,23,26)(H,24,27)(H,21,22,25). The Kier molecular flexibility index (Phi) is 5.54. The van der Waals surface area contributed by atoms with Gasteiger partial charge >= 0.3 is 0 Å². The van der Waals surface area contributed by atoms with Gasteiger partial charge in [0.15, 0.2) is 0 Å². The van der Waals surface area contributed by atoms with Crippen LogP contribution in [0.25, 0.3) is 0 Å². The molecule has 0 aliphatic heterocycles. The predicted octanol–water partition coefficient (Wildman–Crippen LogP) is 2.41. The molecule has 3 rings (SSSR count). The summed E-state index contributed by atoms with van der Waals surface area (Å²) >= 11 is 0. The Morgan fingerprint density at radius 3 is 1.74 bits per heavy atom. The molecule has 0 radical (unpaired) electrons. The van der Waals surface area contributed by atoms with E-state index in [1.807, 2.05) is 6.07 Å². The van der Waals surface area contributed by atoms with E-state index in [4.69, 9.17) is 0 Å². The fourth-order valence-electron chi connectivity index (χ4n) is 2.27. The van der Waals surface area contributed by atoms with Crippen LogP contribution in [0.2, 0.25) is 0 Å². The molecule has 0 fully saturated rings. The second-order valence-corrected chi connectivity index (χ2v) is 5.52. The maximum absolute atomic E-state index is 12.2. The van der Waals surface area contributed by atoms with Gasteiger partial charge in [-0.1, -0.05) is 36.4 Å². The highest BCUT2D eigenvalue weighted by Gasteiger charge is 2.11. The first-order chi connectivity index (χ1) is 13.1. The molecule has 7 nitrogen and oxygen atoms in total. The zero-order chi connectivity index (χ0) is 19.1. The van der Waals surface area contributed by atoms with Crippen molar-refractivity contribution in [3.05, 3.63) is 95.7 Å². The minimum Gasteiger partial charge on any atom is -0.307 e. The largest absolute Gasteiger partial charge is 0.307 e. The topological polar surface area (TPSA) is 100 Å². The highest BCUT2D eigenvalue weighted by Crippen LogP contribution is 2.09. The van der Waals surface area contributed by atoms with E-state index in [0.29, 0.717) is 11.1 Å². The van der Waals surface area contributed by atoms with Crippen LogP contribution in [0, 0.1) is 0 Å². The van der Waals surface area contributed by atoms with Crippen molar-refractivity contribution in [2.24, 2.45) is 0 Å². The van der Waals surface area contributed by atoms with E-state index >= 15 is 0 Å². The van der Waals surface area contributed by atoms with Crippen LogP contribution in [0.5, 0.6) is 0 Å². The fraction of sp³-hybridized carbons (Fsp3) is 0. The molecule has 0 saturated heterocycles. The summed E-state index contributed by atoms with van der Waals surface area (Å²) in [4.78, 5) is 40.4. The monoisotopic (exact) mass is 360 g/mol. The highest BCUT2D eigenvalue weighted by atomic mass is 16.2. The lowest BCUT2D eigenvalue weighted by atomic mass is 10.2. The number of hydrogen-bond acceptors (Lipinski definition) is 4. The first kappa shape index (κ1) is 17.8. The molecule has 134 valence electrons. The van der Waals surface area contributed by atoms with Crippen LogP contribution in [0.1, 0.15) is 31.1 Å². The van der Waals surface area contributed by atoms with E-state index in [1.54, 1.807) is 54.6 Å². The average molecular weight is 360 g/mol. The summed E-state index contributed by atoms with van der Waals surface area (Å²) in [6, 6.07) is 20.0. The SMILES string of the molecule is O=C(NNC(=O)c1ccnc(NC(=O)c2ccccc2)c1)c1ccccc1. The molecule has 0 aliphatic carbocycles. The molecule has 3 N–H and O–H groups in total. The van der Waals surface area contributed by atoms with Crippen molar-refractivity contribution in [2.75, 3.05) is 5.32 Å². The van der Waals surface area contributed by atoms with Crippen LogP contribution >= 0.6 is 0 Å². The number of carbonyl (C=O) groups excluding carboxylic acids is 3. The van der Waals surface area contributed by atoms with Gasteiger partial charge < -0.3 is 5.32 Å². The number of benzene rings is 2. The third-order valence-corrected chi connectivity index (χ3v) is 3.63. The van der Waals surface area contributed by atoms with Crippen molar-refractivity contribution >= 4 is 23.5 Å². The molecule has 27 heavy (non-hydrogen) atoms. The normalized spacial score (nSPS) is 9.93. The zero-order valence-corrected chi connectivity index (χ0v) is 14.2. The lowest BCUT2D eigenvalue weighted by Gasteiger charge is -2.09. The van der Waals surface area contributed by atoms with Crippen LogP contribution in [0.3, 0.4) is 0 Å². The third-order valence-electron chi connectivity index (χ3n) is 3.63. The quantitative estimate of drug-likeness (QED) is 0.622. The summed E-state index contributed by atoms with van der Waals surface area (Å²) < 4.78 is 0. The number of pyridine rings is 1. The van der Waals surface area contributed by atoms with Crippen LogP contribution in [0.15, 0.2) is 79.0 Å². The first-order valence-corrected chi connectivity index (χ1v) is 8.11. The molecular weight excluding hydrogens is 344 g/mol. The number of nitrogens with zero attached hydrogens (tertiary/aromatic N) is 1. The summed E-state index contributed by atoms with van der Waals surface area (Å²) in [6.45, 7) is 0. The van der Waals surface area contributed by atoms with Gasteiger partial charge in [-0.15, -0.1) is 0 Å². The lowest BCUT2D eigenvalue weighted by molar-refractivity contribution is 0.0846. The lowest BCUT2D eigenvalue weighted by Crippen LogP contribution is -2.41. The molecule has 0 atom stereocenters. The minimum absolute atomic E-state index is 0.228. The highest BCUT2D eigenvalue weighted by molar-refractivity contribution is 6.04. The van der Waals surface area contributed by atoms with Gasteiger partial charge in [0.05, 0.1) is 0 Å². The average Bonchev–Trinajstić information content (AvgIpc) is 2.73. The molecule has 0 aliphatic rings. The number of hydrazine groups is 1. The molecule has 1 aromatic heterocycles. The maximum Gasteiger partial charge on any atom is 0.269 e. The van der Waals surface area contributed by atoms with Crippen molar-refractivity contribution < 1.29 is 14.4 Å². The van der Waals surface area contributed by atoms with Gasteiger partial charge in [-0.05, 0) is 36.4 Å². The van der Waals surface area contributed by atoms with Crippen molar-refractivity contribution in [3.63, 3.8) is 0 Å². The Morgan fingerprint density at radius 2 is 1.15 bits per heavy atom. The van der Waals surface area contributed by atoms with E-state index in [1.165, 1.54) is 18.3 Å². The van der Waals surface area contributed by atoms with E-state index < -0.39 is 11.8 Å². The smallest absolute Gasteiger partial charge is 0.269 e. The fourth-order valence-corrected chi connectivity index (χ4v) is 2.27. The van der Waals surface area contributed by atoms with E-state index in [0.717, 1.165) is 0 Å². The zero-order valence-electron chi connectivity index (χ0n) is 14.2. The Morgan fingerprint density at radius 1 is 0.630 bits per heavy atom. The second kappa shape index (κ2) is 8.39. The molecule has 0 spiro atoms. The molecule has 1 heterocycles. The number of nitrogens with one attached hydrogen (secondary N) is 3. The summed E-state index contributed by atoms with van der Waals surface area (Å²) in [7, 11) is 0. The van der Waals surface area contributed by atoms with Crippen LogP contribution in [-0.4, -0.2) is 22.7 Å². The predicted molar refractivity (Wildman–Crippen MR) is 100 cm³/mol. The summed E-state index contributed by atoms with van der Waals surface area (Å²) in [6.07, 6.45) is 1.40. The number of anilines is 1. The molecule has 0 saturated carbocycles. The van der Waals surface area contributed by atoms with E-state index in [2.05, 4.69) is 21.2 Å². The third kappa shape index (κ3) is 4.76. The second-order valence-electron chi connectivity index (χ2n) is 5.52. The van der Waals surface area contributed by atoms with Crippen LogP contribution in [-0.2, 0) is 0 Å². The molecule has 0 unspecified atom stereocenters. The maximum atomic E-state index is 12.2. The van der Waals surface area contributed by atoms with Gasteiger partial charge in [-0.3, -0.25) is 25.2 Å². The van der Waals surface area contributed by atoms with E-state index in [9.17, 15) is 14.4 Å². The van der Waals surface area contributed by atoms with Crippen LogP contribution < -0.4 is 16.2 Å². The molecule has 3 amide bonds. The van der Waals surface area contributed by atoms with Crippen molar-refractivity contribution in [1.29, 1.82) is 0 Å². The van der Waals surface area contributed by atoms with Gasteiger partial charge in [0.1, 0.15) is 5.82 Å². The van der Waals surface area contributed by atoms with Gasteiger partial charge in [0.25, 0.3) is 17.7 Å². The van der Waals surface area contributed by atoms with Crippen molar-refractivity contribution in [1.82, 2.24) is 15.8 Å². The van der Waals surface area contributed by atoms with Gasteiger partial charge in [-0.2, -0.15) is 0 Å². The van der Waals surface area contributed by atoms with Gasteiger partial charge in [0, 0.05) is 22.9 Å². The molecule has 2 aromatic carbocycles.